The van der Waals surface area contributed by atoms with Gasteiger partial charge in [-0.25, -0.2) is 0 Å². The number of anilines is 1. The number of hydrogen-bond donors (Lipinski definition) is 1. The predicted octanol–water partition coefficient (Wildman–Crippen LogP) is 1.72. The largest absolute Gasteiger partial charge is 0.484 e. The van der Waals surface area contributed by atoms with Crippen LogP contribution in [0.1, 0.15) is 16.8 Å². The lowest BCUT2D eigenvalue weighted by Crippen LogP contribution is -2.52. The molecule has 2 aliphatic rings. The van der Waals surface area contributed by atoms with E-state index in [2.05, 4.69) is 0 Å². The van der Waals surface area contributed by atoms with Crippen LogP contribution in [-0.2, 0) is 0 Å². The second-order valence-electron chi connectivity index (χ2n) is 4.13. The molecule has 2 heterocycles. The first-order valence-corrected chi connectivity index (χ1v) is 6.04. The van der Waals surface area contributed by atoms with E-state index < -0.39 is 0 Å². The number of carbonyl (C=O) groups excluding carboxylic acids is 1. The number of Topliss-reactive ketones (excluding diaryl/α,β-unsaturated/α-hetero) is 1. The molecule has 1 spiro atoms. The zero-order valence-corrected chi connectivity index (χ0v) is 8.97. The van der Waals surface area contributed by atoms with Gasteiger partial charge in [-0.1, -0.05) is 0 Å². The molecule has 3 rings (SSSR count). The monoisotopic (exact) mass is 221 g/mol. The lowest BCUT2D eigenvalue weighted by molar-refractivity contribution is 0.0613. The van der Waals surface area contributed by atoms with Crippen LogP contribution in [0.5, 0.6) is 5.75 Å². The number of nitrogens with two attached hydrogens (primary N) is 1. The second kappa shape index (κ2) is 2.92. The summed E-state index contributed by atoms with van der Waals surface area (Å²) in [7, 11) is 0. The van der Waals surface area contributed by atoms with Crippen molar-refractivity contribution in [2.24, 2.45) is 0 Å². The van der Waals surface area contributed by atoms with Crippen molar-refractivity contribution in [1.29, 1.82) is 0 Å². The molecule has 0 unspecified atom stereocenters. The van der Waals surface area contributed by atoms with Gasteiger partial charge in [0, 0.05) is 17.2 Å². The molecule has 2 aliphatic heterocycles. The molecule has 0 radical (unpaired) electrons. The molecule has 0 atom stereocenters. The number of rotatable bonds is 0. The molecular weight excluding hydrogens is 210 g/mol. The van der Waals surface area contributed by atoms with E-state index >= 15 is 0 Å². The number of carbonyl (C=O) groups is 1. The van der Waals surface area contributed by atoms with E-state index in [4.69, 9.17) is 10.5 Å². The third kappa shape index (κ3) is 1.32. The van der Waals surface area contributed by atoms with Crippen molar-refractivity contribution >= 4 is 23.2 Å². The van der Waals surface area contributed by atoms with E-state index in [1.165, 1.54) is 0 Å². The highest BCUT2D eigenvalue weighted by Crippen LogP contribution is 2.43. The lowest BCUT2D eigenvalue weighted by atomic mass is 9.92. The highest BCUT2D eigenvalue weighted by atomic mass is 32.2. The van der Waals surface area contributed by atoms with Crippen LogP contribution in [0.2, 0.25) is 0 Å². The van der Waals surface area contributed by atoms with Crippen molar-refractivity contribution < 1.29 is 9.53 Å². The number of thioether (sulfide) groups is 1. The summed E-state index contributed by atoms with van der Waals surface area (Å²) in [6.45, 7) is 0. The molecule has 78 valence electrons. The van der Waals surface area contributed by atoms with Gasteiger partial charge in [-0.05, 0) is 18.2 Å². The zero-order valence-electron chi connectivity index (χ0n) is 8.16. The summed E-state index contributed by atoms with van der Waals surface area (Å²) in [6.07, 6.45) is 0.496. The Kier molecular flexibility index (Phi) is 1.77. The molecular formula is C11H11NO2S. The van der Waals surface area contributed by atoms with Gasteiger partial charge in [0.25, 0.3) is 0 Å². The van der Waals surface area contributed by atoms with Crippen LogP contribution in [-0.4, -0.2) is 22.9 Å². The van der Waals surface area contributed by atoms with Gasteiger partial charge in [0.2, 0.25) is 0 Å². The Morgan fingerprint density at radius 1 is 1.40 bits per heavy atom. The molecule has 3 nitrogen and oxygen atoms in total. The van der Waals surface area contributed by atoms with Crippen LogP contribution in [0.15, 0.2) is 18.2 Å². The van der Waals surface area contributed by atoms with Crippen molar-refractivity contribution in [3.05, 3.63) is 23.8 Å². The Balaban J connectivity index is 2.04. The molecule has 2 N–H and O–H groups in total. The third-order valence-electron chi connectivity index (χ3n) is 2.84. The molecule has 1 aromatic carbocycles. The average molecular weight is 221 g/mol. The normalized spacial score (nSPS) is 21.7. The first kappa shape index (κ1) is 9.09. The summed E-state index contributed by atoms with van der Waals surface area (Å²) in [4.78, 5) is 11.9. The van der Waals surface area contributed by atoms with Gasteiger partial charge in [-0.2, -0.15) is 11.8 Å². The predicted molar refractivity (Wildman–Crippen MR) is 60.5 cm³/mol. The Bertz CT molecular complexity index is 440. The standard InChI is InChI=1S/C11H11NO2S/c12-7-1-2-10-8(3-7)9(13)4-11(14-10)5-15-6-11/h1-3H,4-6,12H2. The Labute approximate surface area is 92.0 Å². The summed E-state index contributed by atoms with van der Waals surface area (Å²) in [5.74, 6) is 2.69. The van der Waals surface area contributed by atoms with Crippen molar-refractivity contribution in [1.82, 2.24) is 0 Å². The molecule has 1 fully saturated rings. The van der Waals surface area contributed by atoms with Gasteiger partial charge in [0.15, 0.2) is 5.78 Å². The molecule has 4 heteroatoms. The van der Waals surface area contributed by atoms with Gasteiger partial charge in [0.1, 0.15) is 11.4 Å². The van der Waals surface area contributed by atoms with Crippen LogP contribution in [0, 0.1) is 0 Å². The average Bonchev–Trinajstić information content (AvgIpc) is 2.16. The minimum absolute atomic E-state index is 0.156. The number of fused-ring (bicyclic) bond motifs is 1. The molecule has 0 aliphatic carbocycles. The maximum Gasteiger partial charge on any atom is 0.170 e. The van der Waals surface area contributed by atoms with Gasteiger partial charge < -0.3 is 10.5 Å². The summed E-state index contributed by atoms with van der Waals surface area (Å²) in [5.41, 5.74) is 6.68. The van der Waals surface area contributed by atoms with E-state index in [0.717, 1.165) is 11.5 Å². The van der Waals surface area contributed by atoms with E-state index in [0.29, 0.717) is 23.4 Å². The molecule has 0 saturated carbocycles. The Hall–Kier alpha value is -1.16. The molecule has 1 aromatic rings. The minimum atomic E-state index is -0.217. The fourth-order valence-electron chi connectivity index (χ4n) is 2.00. The SMILES string of the molecule is Nc1ccc2c(c1)C(=O)CC1(CSC1)O2. The molecule has 0 bridgehead atoms. The fourth-order valence-corrected chi connectivity index (χ4v) is 2.98. The molecule has 0 amide bonds. The van der Waals surface area contributed by atoms with Crippen LogP contribution in [0.4, 0.5) is 5.69 Å². The quantitative estimate of drug-likeness (QED) is 0.678. The van der Waals surface area contributed by atoms with E-state index in [1.54, 1.807) is 18.2 Å². The van der Waals surface area contributed by atoms with Crippen molar-refractivity contribution in [3.63, 3.8) is 0 Å². The second-order valence-corrected chi connectivity index (χ2v) is 5.12. The molecule has 0 aromatic heterocycles. The fraction of sp³-hybridized carbons (Fsp3) is 0.364. The first-order valence-electron chi connectivity index (χ1n) is 4.88. The van der Waals surface area contributed by atoms with E-state index in [9.17, 15) is 4.79 Å². The van der Waals surface area contributed by atoms with Gasteiger partial charge in [-0.15, -0.1) is 0 Å². The maximum absolute atomic E-state index is 11.9. The Morgan fingerprint density at radius 2 is 2.20 bits per heavy atom. The highest BCUT2D eigenvalue weighted by Gasteiger charge is 2.46. The summed E-state index contributed by atoms with van der Waals surface area (Å²) in [6, 6.07) is 5.28. The van der Waals surface area contributed by atoms with E-state index in [1.807, 2.05) is 11.8 Å². The van der Waals surface area contributed by atoms with Gasteiger partial charge >= 0.3 is 0 Å². The summed E-state index contributed by atoms with van der Waals surface area (Å²) >= 11 is 1.82. The van der Waals surface area contributed by atoms with Crippen LogP contribution < -0.4 is 10.5 Å². The Morgan fingerprint density at radius 3 is 2.87 bits per heavy atom. The molecule has 1 saturated heterocycles. The van der Waals surface area contributed by atoms with E-state index in [-0.39, 0.29) is 11.4 Å². The first-order chi connectivity index (χ1) is 7.19. The number of ketones is 1. The number of hydrogen-bond acceptors (Lipinski definition) is 4. The maximum atomic E-state index is 11.9. The smallest absolute Gasteiger partial charge is 0.170 e. The van der Waals surface area contributed by atoms with Crippen molar-refractivity contribution in [2.45, 2.75) is 12.0 Å². The minimum Gasteiger partial charge on any atom is -0.484 e. The van der Waals surface area contributed by atoms with Crippen LogP contribution in [0.25, 0.3) is 0 Å². The van der Waals surface area contributed by atoms with Crippen molar-refractivity contribution in [2.75, 3.05) is 17.2 Å². The number of benzene rings is 1. The van der Waals surface area contributed by atoms with Crippen LogP contribution in [0.3, 0.4) is 0 Å². The topological polar surface area (TPSA) is 52.3 Å². The zero-order chi connectivity index (χ0) is 10.5. The molecule has 15 heavy (non-hydrogen) atoms. The lowest BCUT2D eigenvalue weighted by Gasteiger charge is -2.43. The summed E-state index contributed by atoms with van der Waals surface area (Å²) < 4.78 is 5.88. The number of ether oxygens (including phenoxy) is 1. The third-order valence-corrected chi connectivity index (χ3v) is 4.30. The van der Waals surface area contributed by atoms with Gasteiger partial charge in [0.05, 0.1) is 12.0 Å². The van der Waals surface area contributed by atoms with Crippen molar-refractivity contribution in [3.8, 4) is 5.75 Å². The number of nitrogen functional groups attached to an aromatic ring is 1. The summed E-state index contributed by atoms with van der Waals surface area (Å²) in [5, 5.41) is 0. The van der Waals surface area contributed by atoms with Crippen LogP contribution >= 0.6 is 11.8 Å². The highest BCUT2D eigenvalue weighted by molar-refractivity contribution is 8.00. The van der Waals surface area contributed by atoms with Gasteiger partial charge in [-0.3, -0.25) is 4.79 Å².